The fourth-order valence-electron chi connectivity index (χ4n) is 1.87. The molecule has 1 atom stereocenters. The van der Waals surface area contributed by atoms with E-state index >= 15 is 0 Å². The molecule has 1 heterocycles. The SMILES string of the molecule is OCC(Cc1cncc(Br)c1)c1ccc(Br)cc1. The van der Waals surface area contributed by atoms with E-state index in [4.69, 9.17) is 0 Å². The molecule has 0 spiro atoms. The van der Waals surface area contributed by atoms with Crippen LogP contribution < -0.4 is 0 Å². The van der Waals surface area contributed by atoms with Crippen molar-refractivity contribution in [1.82, 2.24) is 4.98 Å². The second-order valence-electron chi connectivity index (χ2n) is 4.15. The zero-order chi connectivity index (χ0) is 13.0. The smallest absolute Gasteiger partial charge is 0.0502 e. The Morgan fingerprint density at radius 2 is 1.78 bits per heavy atom. The predicted molar refractivity (Wildman–Crippen MR) is 79.6 cm³/mol. The number of aromatic nitrogens is 1. The van der Waals surface area contributed by atoms with Crippen molar-refractivity contribution in [2.45, 2.75) is 12.3 Å². The number of hydrogen-bond donors (Lipinski definition) is 1. The normalized spacial score (nSPS) is 12.4. The molecule has 18 heavy (non-hydrogen) atoms. The molecule has 1 aromatic heterocycles. The van der Waals surface area contributed by atoms with Crippen molar-refractivity contribution in [2.24, 2.45) is 0 Å². The maximum absolute atomic E-state index is 9.54. The standard InChI is InChI=1S/C14H13Br2NO/c15-13-3-1-11(2-4-13)12(9-18)5-10-6-14(16)8-17-7-10/h1-4,6-8,12,18H,5,9H2. The van der Waals surface area contributed by atoms with Crippen LogP contribution in [0.2, 0.25) is 0 Å². The van der Waals surface area contributed by atoms with Crippen LogP contribution in [0.5, 0.6) is 0 Å². The lowest BCUT2D eigenvalue weighted by molar-refractivity contribution is 0.264. The highest BCUT2D eigenvalue weighted by atomic mass is 79.9. The summed E-state index contributed by atoms with van der Waals surface area (Å²) in [6.07, 6.45) is 4.38. The van der Waals surface area contributed by atoms with Gasteiger partial charge in [0, 0.05) is 27.3 Å². The van der Waals surface area contributed by atoms with E-state index in [0.29, 0.717) is 0 Å². The third-order valence-electron chi connectivity index (χ3n) is 2.81. The molecule has 4 heteroatoms. The van der Waals surface area contributed by atoms with Gasteiger partial charge < -0.3 is 5.11 Å². The minimum Gasteiger partial charge on any atom is -0.396 e. The molecule has 0 aliphatic heterocycles. The van der Waals surface area contributed by atoms with Crippen molar-refractivity contribution in [1.29, 1.82) is 0 Å². The van der Waals surface area contributed by atoms with Gasteiger partial charge in [-0.15, -0.1) is 0 Å². The fourth-order valence-corrected chi connectivity index (χ4v) is 2.55. The third kappa shape index (κ3) is 3.64. The molecule has 0 bridgehead atoms. The Kier molecular flexibility index (Phi) is 4.92. The summed E-state index contributed by atoms with van der Waals surface area (Å²) in [6.45, 7) is 0.133. The summed E-state index contributed by atoms with van der Waals surface area (Å²) in [5.74, 6) is 0.106. The fraction of sp³-hybridized carbons (Fsp3) is 0.214. The average molecular weight is 371 g/mol. The van der Waals surface area contributed by atoms with Crippen LogP contribution in [0.1, 0.15) is 17.0 Å². The number of hydrogen-bond acceptors (Lipinski definition) is 2. The van der Waals surface area contributed by atoms with E-state index in [-0.39, 0.29) is 12.5 Å². The summed E-state index contributed by atoms with van der Waals surface area (Å²) in [5.41, 5.74) is 2.26. The lowest BCUT2D eigenvalue weighted by Gasteiger charge is -2.14. The van der Waals surface area contributed by atoms with E-state index in [2.05, 4.69) is 36.8 Å². The van der Waals surface area contributed by atoms with Gasteiger partial charge >= 0.3 is 0 Å². The quantitative estimate of drug-likeness (QED) is 0.884. The van der Waals surface area contributed by atoms with E-state index in [1.807, 2.05) is 36.5 Å². The summed E-state index contributed by atoms with van der Waals surface area (Å²) < 4.78 is 2.01. The Labute approximate surface area is 123 Å². The summed E-state index contributed by atoms with van der Waals surface area (Å²) in [4.78, 5) is 4.14. The first-order valence-corrected chi connectivity index (χ1v) is 7.23. The van der Waals surface area contributed by atoms with Gasteiger partial charge in [0.1, 0.15) is 0 Å². The van der Waals surface area contributed by atoms with E-state index in [1.54, 1.807) is 6.20 Å². The molecular weight excluding hydrogens is 358 g/mol. The van der Waals surface area contributed by atoms with Crippen LogP contribution in [-0.2, 0) is 6.42 Å². The van der Waals surface area contributed by atoms with Gasteiger partial charge in [0.2, 0.25) is 0 Å². The molecule has 0 fully saturated rings. The predicted octanol–water partition coefficient (Wildman–Crippen LogP) is 3.93. The zero-order valence-corrected chi connectivity index (χ0v) is 12.9. The van der Waals surface area contributed by atoms with Gasteiger partial charge in [0.05, 0.1) is 6.61 Å². The van der Waals surface area contributed by atoms with Gasteiger partial charge in [-0.2, -0.15) is 0 Å². The van der Waals surface area contributed by atoms with Gasteiger partial charge in [-0.1, -0.05) is 28.1 Å². The highest BCUT2D eigenvalue weighted by Crippen LogP contribution is 2.23. The molecule has 1 aromatic carbocycles. The first-order valence-electron chi connectivity index (χ1n) is 5.65. The van der Waals surface area contributed by atoms with Crippen LogP contribution in [0.4, 0.5) is 0 Å². The molecule has 0 saturated carbocycles. The molecule has 94 valence electrons. The van der Waals surface area contributed by atoms with E-state index in [9.17, 15) is 5.11 Å². The zero-order valence-electron chi connectivity index (χ0n) is 9.68. The van der Waals surface area contributed by atoms with E-state index in [0.717, 1.165) is 26.5 Å². The topological polar surface area (TPSA) is 33.1 Å². The second-order valence-corrected chi connectivity index (χ2v) is 5.98. The van der Waals surface area contributed by atoms with Gasteiger partial charge in [0.25, 0.3) is 0 Å². The molecule has 1 N–H and O–H groups in total. The number of aliphatic hydroxyl groups excluding tert-OH is 1. The molecule has 0 radical (unpaired) electrons. The number of benzene rings is 1. The Bertz CT molecular complexity index is 513. The van der Waals surface area contributed by atoms with Crippen molar-refractivity contribution >= 4 is 31.9 Å². The van der Waals surface area contributed by atoms with Crippen molar-refractivity contribution in [3.63, 3.8) is 0 Å². The molecule has 0 aliphatic carbocycles. The first-order chi connectivity index (χ1) is 8.69. The Morgan fingerprint density at radius 3 is 2.39 bits per heavy atom. The minimum atomic E-state index is 0.106. The monoisotopic (exact) mass is 369 g/mol. The lowest BCUT2D eigenvalue weighted by atomic mass is 9.93. The van der Waals surface area contributed by atoms with Gasteiger partial charge in [0.15, 0.2) is 0 Å². The van der Waals surface area contributed by atoms with Crippen LogP contribution >= 0.6 is 31.9 Å². The molecule has 2 rings (SSSR count). The van der Waals surface area contributed by atoms with Gasteiger partial charge in [-0.05, 0) is 51.7 Å². The first kappa shape index (κ1) is 13.7. The third-order valence-corrected chi connectivity index (χ3v) is 3.77. The Hall–Kier alpha value is -0.710. The molecular formula is C14H13Br2NO. The Morgan fingerprint density at radius 1 is 1.06 bits per heavy atom. The molecule has 2 aromatic rings. The maximum Gasteiger partial charge on any atom is 0.0502 e. The maximum atomic E-state index is 9.54. The molecule has 0 aliphatic rings. The highest BCUT2D eigenvalue weighted by Gasteiger charge is 2.11. The van der Waals surface area contributed by atoms with Gasteiger partial charge in [-0.25, -0.2) is 0 Å². The largest absolute Gasteiger partial charge is 0.396 e. The van der Waals surface area contributed by atoms with Crippen LogP contribution in [0, 0.1) is 0 Å². The molecule has 0 amide bonds. The number of nitrogens with zero attached hydrogens (tertiary/aromatic N) is 1. The number of halogens is 2. The van der Waals surface area contributed by atoms with Crippen LogP contribution in [0.25, 0.3) is 0 Å². The lowest BCUT2D eigenvalue weighted by Crippen LogP contribution is -2.08. The van der Waals surface area contributed by atoms with Gasteiger partial charge in [-0.3, -0.25) is 4.98 Å². The van der Waals surface area contributed by atoms with Crippen molar-refractivity contribution < 1.29 is 5.11 Å². The summed E-state index contributed by atoms with van der Waals surface area (Å²) in [5, 5.41) is 9.54. The highest BCUT2D eigenvalue weighted by molar-refractivity contribution is 9.10. The molecule has 2 nitrogen and oxygen atoms in total. The second kappa shape index (κ2) is 6.45. The van der Waals surface area contributed by atoms with Crippen LogP contribution in [-0.4, -0.2) is 16.7 Å². The Balaban J connectivity index is 2.17. The van der Waals surface area contributed by atoms with E-state index in [1.165, 1.54) is 0 Å². The summed E-state index contributed by atoms with van der Waals surface area (Å²) in [6, 6.07) is 10.1. The molecule has 1 unspecified atom stereocenters. The molecule has 0 saturated heterocycles. The summed E-state index contributed by atoms with van der Waals surface area (Å²) in [7, 11) is 0. The summed E-state index contributed by atoms with van der Waals surface area (Å²) >= 11 is 6.82. The minimum absolute atomic E-state index is 0.106. The van der Waals surface area contributed by atoms with Crippen molar-refractivity contribution in [2.75, 3.05) is 6.61 Å². The van der Waals surface area contributed by atoms with Crippen molar-refractivity contribution in [3.05, 3.63) is 62.8 Å². The number of pyridine rings is 1. The van der Waals surface area contributed by atoms with Crippen LogP contribution in [0.15, 0.2) is 51.7 Å². The number of aliphatic hydroxyl groups is 1. The van der Waals surface area contributed by atoms with Crippen LogP contribution in [0.3, 0.4) is 0 Å². The van der Waals surface area contributed by atoms with E-state index < -0.39 is 0 Å². The van der Waals surface area contributed by atoms with Crippen molar-refractivity contribution in [3.8, 4) is 0 Å². The average Bonchev–Trinajstić information content (AvgIpc) is 2.37. The number of rotatable bonds is 4.